The van der Waals surface area contributed by atoms with Crippen LogP contribution in [0.1, 0.15) is 111 Å². The molecule has 20 atom stereocenters. The number of ether oxygens (including phenoxy) is 11. The molecular formula is C44H64O13. The molecule has 13 nitrogen and oxygen atoms in total. The van der Waals surface area contributed by atoms with Gasteiger partial charge >= 0.3 is 5.97 Å². The highest BCUT2D eigenvalue weighted by atomic mass is 16.7. The summed E-state index contributed by atoms with van der Waals surface area (Å²) in [6, 6.07) is 0. The van der Waals surface area contributed by atoms with Gasteiger partial charge < -0.3 is 57.2 Å². The van der Waals surface area contributed by atoms with Crippen LogP contribution in [0.3, 0.4) is 0 Å². The third-order valence-electron chi connectivity index (χ3n) is 15.0. The minimum atomic E-state index is -0.961. The van der Waals surface area contributed by atoms with Gasteiger partial charge in [-0.05, 0) is 75.9 Å². The van der Waals surface area contributed by atoms with Crippen LogP contribution in [0.5, 0.6) is 0 Å². The molecule has 0 aromatic heterocycles. The lowest BCUT2D eigenvalue weighted by molar-refractivity contribution is -0.355. The second-order valence-corrected chi connectivity index (χ2v) is 19.6. The molecule has 57 heavy (non-hydrogen) atoms. The van der Waals surface area contributed by atoms with Gasteiger partial charge in [0.2, 0.25) is 0 Å². The first kappa shape index (κ1) is 39.6. The van der Waals surface area contributed by atoms with Gasteiger partial charge in [0.25, 0.3) is 0 Å². The van der Waals surface area contributed by atoms with Crippen LogP contribution < -0.4 is 0 Å². The van der Waals surface area contributed by atoms with Crippen molar-refractivity contribution in [3.05, 3.63) is 24.3 Å². The molecule has 0 amide bonds. The van der Waals surface area contributed by atoms with Crippen LogP contribution in [0.15, 0.2) is 24.3 Å². The van der Waals surface area contributed by atoms with Crippen LogP contribution in [0.4, 0.5) is 0 Å². The Balaban J connectivity index is 0.924. The van der Waals surface area contributed by atoms with E-state index in [0.29, 0.717) is 51.6 Å². The molecule has 0 aromatic rings. The van der Waals surface area contributed by atoms with Crippen LogP contribution in [0.2, 0.25) is 0 Å². The van der Waals surface area contributed by atoms with E-state index in [1.807, 2.05) is 13.8 Å². The van der Waals surface area contributed by atoms with Gasteiger partial charge in [0, 0.05) is 38.0 Å². The third-order valence-corrected chi connectivity index (χ3v) is 15.0. The van der Waals surface area contributed by atoms with Gasteiger partial charge in [-0.15, -0.1) is 0 Å². The Morgan fingerprint density at radius 2 is 1.37 bits per heavy atom. The van der Waals surface area contributed by atoms with Gasteiger partial charge in [-0.3, -0.25) is 4.79 Å². The van der Waals surface area contributed by atoms with Crippen molar-refractivity contribution in [3.8, 4) is 0 Å². The van der Waals surface area contributed by atoms with Gasteiger partial charge in [0.05, 0.1) is 92.4 Å². The molecule has 318 valence electrons. The van der Waals surface area contributed by atoms with Gasteiger partial charge in [-0.2, -0.15) is 0 Å². The number of carbonyl (C=O) groups excluding carboxylic acids is 1. The predicted octanol–water partition coefficient (Wildman–Crippen LogP) is 4.98. The molecule has 10 fully saturated rings. The Hall–Kier alpha value is -1.49. The summed E-state index contributed by atoms with van der Waals surface area (Å²) >= 11 is 0. The molecule has 1 N–H and O–H groups in total. The Morgan fingerprint density at radius 1 is 0.632 bits per heavy atom. The van der Waals surface area contributed by atoms with E-state index in [1.54, 1.807) is 0 Å². The fraction of sp³-hybridized carbons (Fsp3) is 0.886. The van der Waals surface area contributed by atoms with Gasteiger partial charge in [0.15, 0.2) is 11.6 Å². The van der Waals surface area contributed by atoms with Crippen LogP contribution in [-0.4, -0.2) is 133 Å². The van der Waals surface area contributed by atoms with E-state index in [2.05, 4.69) is 27.0 Å². The average Bonchev–Trinajstić information content (AvgIpc) is 3.65. The first-order chi connectivity index (χ1) is 27.3. The van der Waals surface area contributed by atoms with Crippen LogP contribution in [-0.2, 0) is 56.9 Å². The first-order valence-electron chi connectivity index (χ1n) is 22.1. The minimum absolute atomic E-state index is 0.00680. The predicted molar refractivity (Wildman–Crippen MR) is 202 cm³/mol. The maximum atomic E-state index is 14.1. The highest BCUT2D eigenvalue weighted by Gasteiger charge is 2.60. The summed E-state index contributed by atoms with van der Waals surface area (Å²) in [5.41, 5.74) is 2.16. The summed E-state index contributed by atoms with van der Waals surface area (Å²) in [6.45, 7) is 17.6. The van der Waals surface area contributed by atoms with Crippen molar-refractivity contribution < 1.29 is 62.0 Å². The summed E-state index contributed by atoms with van der Waals surface area (Å²) in [4.78, 5) is 14.1. The lowest BCUT2D eigenvalue weighted by Gasteiger charge is -2.53. The molecule has 1 spiro atoms. The van der Waals surface area contributed by atoms with Gasteiger partial charge in [0.1, 0.15) is 24.4 Å². The molecule has 10 bridgehead atoms. The fourth-order valence-corrected chi connectivity index (χ4v) is 12.0. The van der Waals surface area contributed by atoms with Crippen LogP contribution >= 0.6 is 0 Å². The number of aliphatic hydroxyl groups is 1. The highest BCUT2D eigenvalue weighted by Crippen LogP contribution is 2.49. The van der Waals surface area contributed by atoms with E-state index in [1.165, 1.54) is 0 Å². The van der Waals surface area contributed by atoms with E-state index in [0.717, 1.165) is 43.3 Å². The topological polar surface area (TPSA) is 139 Å². The Morgan fingerprint density at radius 3 is 2.23 bits per heavy atom. The molecule has 10 aliphatic heterocycles. The standard InChI is InChI=1S/C44H64O13/c1-21-13-25-7-9-29-22(2)14-27(48-29)11-12-44-19-28(45)41(57-44)35-18-36(56-44)42-30(51-35)10-8-26(50-42)15-38(46)54-40-24(4)39-34(52-33(40)16-31(49-25)23(21)3)17-32-37(53-39)20-47-43(5,6)55-32/h21,24-37,39-42,45H,2-3,7-20H2,1,4-6H3/t21-,24+,25+,26-,27+,28-,29+,30+,31-,32-,33+,34+,35-,36?,37-,39+,40-,41?,42+,44-/m1/s1. The van der Waals surface area contributed by atoms with Crippen molar-refractivity contribution in [1.82, 2.24) is 0 Å². The van der Waals surface area contributed by atoms with E-state index in [9.17, 15) is 9.90 Å². The lowest BCUT2D eigenvalue weighted by atomic mass is 9.79. The quantitative estimate of drug-likeness (QED) is 0.261. The molecule has 10 aliphatic rings. The van der Waals surface area contributed by atoms with Gasteiger partial charge in [-0.25, -0.2) is 0 Å². The van der Waals surface area contributed by atoms with Crippen molar-refractivity contribution in [2.24, 2.45) is 11.8 Å². The molecule has 0 saturated carbocycles. The number of carbonyl (C=O) groups is 1. The van der Waals surface area contributed by atoms with Crippen molar-refractivity contribution in [2.45, 2.75) is 227 Å². The van der Waals surface area contributed by atoms with Crippen LogP contribution in [0, 0.1) is 11.8 Å². The number of aliphatic hydroxyl groups excluding tert-OH is 1. The van der Waals surface area contributed by atoms with E-state index >= 15 is 0 Å². The first-order valence-corrected chi connectivity index (χ1v) is 22.1. The van der Waals surface area contributed by atoms with E-state index < -0.39 is 36.0 Å². The van der Waals surface area contributed by atoms with Crippen molar-refractivity contribution in [3.63, 3.8) is 0 Å². The van der Waals surface area contributed by atoms with Crippen molar-refractivity contribution >= 4 is 5.97 Å². The summed E-state index contributed by atoms with van der Waals surface area (Å²) in [5.74, 6) is -1.89. The molecule has 10 saturated heterocycles. The normalized spacial score (nSPS) is 53.7. The molecule has 10 heterocycles. The number of esters is 1. The maximum Gasteiger partial charge on any atom is 0.308 e. The van der Waals surface area contributed by atoms with Crippen molar-refractivity contribution in [2.75, 3.05) is 6.61 Å². The number of hydrogen-bond donors (Lipinski definition) is 1. The Bertz CT molecular complexity index is 1550. The second kappa shape index (κ2) is 15.1. The number of hydrogen-bond acceptors (Lipinski definition) is 13. The third kappa shape index (κ3) is 7.61. The molecule has 0 aliphatic carbocycles. The second-order valence-electron chi connectivity index (χ2n) is 19.6. The summed E-state index contributed by atoms with van der Waals surface area (Å²) in [5, 5.41) is 11.2. The smallest absolute Gasteiger partial charge is 0.308 e. The lowest BCUT2D eigenvalue weighted by Crippen LogP contribution is -2.64. The molecule has 0 aromatic carbocycles. The largest absolute Gasteiger partial charge is 0.459 e. The zero-order valence-corrected chi connectivity index (χ0v) is 34.1. The molecule has 0 radical (unpaired) electrons. The zero-order valence-electron chi connectivity index (χ0n) is 34.1. The average molecular weight is 801 g/mol. The highest BCUT2D eigenvalue weighted by molar-refractivity contribution is 5.70. The van der Waals surface area contributed by atoms with E-state index in [4.69, 9.17) is 52.1 Å². The van der Waals surface area contributed by atoms with Crippen molar-refractivity contribution in [1.29, 1.82) is 0 Å². The summed E-state index contributed by atoms with van der Waals surface area (Å²) in [6.07, 6.45) is 3.29. The minimum Gasteiger partial charge on any atom is -0.459 e. The molecular weight excluding hydrogens is 736 g/mol. The van der Waals surface area contributed by atoms with Gasteiger partial charge in [-0.1, -0.05) is 27.0 Å². The maximum absolute atomic E-state index is 14.1. The SMILES string of the molecule is C=C1C[C@@H]2CC[C@]34C[C@@H](O)C(O3)[C@H]3CC(O4)[C@H]4O[C@H](CC[C@@H]4O3)CC(=O)O[C@@H]3[C@@H](C)[C@@H]4O[C@@H]5COC(C)(C)O[C@@H]5C[C@@H]4O[C@H]3C[C@H]3O[C@@H](CC[C@@H]1O2)C[C@@H](C)C3=C. The number of rotatable bonds is 0. The fourth-order valence-electron chi connectivity index (χ4n) is 12.0. The summed E-state index contributed by atoms with van der Waals surface area (Å²) in [7, 11) is 0. The van der Waals surface area contributed by atoms with E-state index in [-0.39, 0.29) is 104 Å². The zero-order chi connectivity index (χ0) is 39.4. The molecule has 10 rings (SSSR count). The monoisotopic (exact) mass is 800 g/mol. The number of fused-ring (bicyclic) bond motifs is 11. The molecule has 13 heteroatoms. The Labute approximate surface area is 336 Å². The summed E-state index contributed by atoms with van der Waals surface area (Å²) < 4.78 is 72.9. The molecule has 2 unspecified atom stereocenters. The Kier molecular flexibility index (Phi) is 10.5. The van der Waals surface area contributed by atoms with Crippen LogP contribution in [0.25, 0.3) is 0 Å².